The fourth-order valence-corrected chi connectivity index (χ4v) is 5.23. The van der Waals surface area contributed by atoms with Crippen molar-refractivity contribution < 1.29 is 13.2 Å². The molecule has 6 nitrogen and oxygen atoms in total. The summed E-state index contributed by atoms with van der Waals surface area (Å²) in [7, 11) is -1.61. The summed E-state index contributed by atoms with van der Waals surface area (Å²) >= 11 is 1.50. The van der Waals surface area contributed by atoms with Crippen LogP contribution in [0.5, 0.6) is 0 Å². The van der Waals surface area contributed by atoms with Gasteiger partial charge in [-0.3, -0.25) is 4.79 Å². The molecule has 1 aliphatic rings. The third-order valence-electron chi connectivity index (χ3n) is 5.18. The van der Waals surface area contributed by atoms with Gasteiger partial charge in [0.15, 0.2) is 0 Å². The number of likely N-dealkylation sites (N-methyl/N-ethyl adjacent to an activating group) is 1. The van der Waals surface area contributed by atoms with Gasteiger partial charge in [0.2, 0.25) is 10.0 Å². The van der Waals surface area contributed by atoms with Crippen LogP contribution in [0.3, 0.4) is 0 Å². The molecule has 0 fully saturated rings. The predicted molar refractivity (Wildman–Crippen MR) is 119 cm³/mol. The zero-order chi connectivity index (χ0) is 21.1. The second-order valence-corrected chi connectivity index (χ2v) is 10.0. The summed E-state index contributed by atoms with van der Waals surface area (Å²) < 4.78 is 27.6. The number of sulfonamides is 1. The van der Waals surface area contributed by atoms with Gasteiger partial charge in [-0.15, -0.1) is 11.3 Å². The quantitative estimate of drug-likeness (QED) is 0.660. The van der Waals surface area contributed by atoms with Crippen molar-refractivity contribution in [3.63, 3.8) is 0 Å². The molecule has 1 aliphatic heterocycles. The van der Waals surface area contributed by atoms with Crippen LogP contribution >= 0.6 is 11.3 Å². The van der Waals surface area contributed by atoms with Gasteiger partial charge in [-0.25, -0.2) is 13.1 Å². The van der Waals surface area contributed by atoms with E-state index in [0.29, 0.717) is 18.7 Å². The maximum atomic E-state index is 13.1. The van der Waals surface area contributed by atoms with Gasteiger partial charge in [0.25, 0.3) is 5.91 Å². The van der Waals surface area contributed by atoms with Crippen molar-refractivity contribution >= 4 is 33.0 Å². The van der Waals surface area contributed by atoms with Crippen molar-refractivity contribution in [1.29, 1.82) is 0 Å². The zero-order valence-electron chi connectivity index (χ0n) is 16.6. The first-order valence-corrected chi connectivity index (χ1v) is 12.0. The number of anilines is 1. The van der Waals surface area contributed by atoms with Crippen LogP contribution in [-0.2, 0) is 23.1 Å². The Morgan fingerprint density at radius 1 is 1.03 bits per heavy atom. The van der Waals surface area contributed by atoms with E-state index >= 15 is 0 Å². The van der Waals surface area contributed by atoms with E-state index in [9.17, 15) is 13.2 Å². The lowest BCUT2D eigenvalue weighted by molar-refractivity contribution is 0.0751. The average molecular weight is 442 g/mol. The standard InChI is InChI=1S/C22H23N3O3S2/c1-24-12-13-25(16-18-5-2-3-7-21(18)24)22(26)17-8-10-20(11-9-17)30(27,28)23-15-19-6-4-14-29-19/h2-11,14,23H,12-13,15-16H2,1H3. The van der Waals surface area contributed by atoms with Crippen molar-refractivity contribution in [2.24, 2.45) is 0 Å². The van der Waals surface area contributed by atoms with Crippen LogP contribution in [0, 0.1) is 0 Å². The van der Waals surface area contributed by atoms with Gasteiger partial charge in [-0.1, -0.05) is 24.3 Å². The topological polar surface area (TPSA) is 69.7 Å². The number of amides is 1. The first-order valence-electron chi connectivity index (χ1n) is 9.64. The molecule has 0 saturated heterocycles. The van der Waals surface area contributed by atoms with E-state index < -0.39 is 10.0 Å². The Bertz CT molecular complexity index is 1130. The van der Waals surface area contributed by atoms with Crippen LogP contribution in [0.25, 0.3) is 0 Å². The molecule has 3 aromatic rings. The summed E-state index contributed by atoms with van der Waals surface area (Å²) in [5, 5.41) is 1.91. The Kier molecular flexibility index (Phi) is 5.90. The number of para-hydroxylation sites is 1. The van der Waals surface area contributed by atoms with Gasteiger partial charge in [-0.2, -0.15) is 0 Å². The Balaban J connectivity index is 1.48. The third kappa shape index (κ3) is 4.40. The van der Waals surface area contributed by atoms with E-state index in [2.05, 4.69) is 15.7 Å². The molecule has 30 heavy (non-hydrogen) atoms. The van der Waals surface area contributed by atoms with E-state index in [4.69, 9.17) is 0 Å². The first-order chi connectivity index (χ1) is 14.4. The Morgan fingerprint density at radius 3 is 2.53 bits per heavy atom. The van der Waals surface area contributed by atoms with Crippen LogP contribution < -0.4 is 9.62 Å². The van der Waals surface area contributed by atoms with E-state index in [0.717, 1.165) is 22.7 Å². The number of hydrogen-bond acceptors (Lipinski definition) is 5. The molecule has 0 atom stereocenters. The van der Waals surface area contributed by atoms with Crippen LogP contribution in [0.15, 0.2) is 70.9 Å². The van der Waals surface area contributed by atoms with Crippen molar-refractivity contribution in [1.82, 2.24) is 9.62 Å². The SMILES string of the molecule is CN1CCN(C(=O)c2ccc(S(=O)(=O)NCc3cccs3)cc2)Cc2ccccc21. The normalized spacial score (nSPS) is 14.3. The molecular formula is C22H23N3O3S2. The van der Waals surface area contributed by atoms with Gasteiger partial charge in [-0.05, 0) is 47.3 Å². The summed E-state index contributed by atoms with van der Waals surface area (Å²) in [6, 6.07) is 18.0. The number of carbonyl (C=O) groups is 1. The van der Waals surface area contributed by atoms with E-state index in [1.165, 1.54) is 23.5 Å². The average Bonchev–Trinajstić information content (AvgIpc) is 3.23. The summed E-state index contributed by atoms with van der Waals surface area (Å²) in [5.74, 6) is -0.101. The molecule has 0 bridgehead atoms. The number of rotatable bonds is 5. The molecule has 156 valence electrons. The van der Waals surface area contributed by atoms with Crippen molar-refractivity contribution in [2.75, 3.05) is 25.0 Å². The minimum absolute atomic E-state index is 0.101. The van der Waals surface area contributed by atoms with Gasteiger partial charge < -0.3 is 9.80 Å². The number of nitrogens with zero attached hydrogens (tertiary/aromatic N) is 2. The third-order valence-corrected chi connectivity index (χ3v) is 7.48. The number of nitrogens with one attached hydrogen (secondary N) is 1. The molecule has 8 heteroatoms. The summed E-state index contributed by atoms with van der Waals surface area (Å²) in [6.45, 7) is 2.12. The maximum absolute atomic E-state index is 13.1. The molecule has 0 unspecified atom stereocenters. The second kappa shape index (κ2) is 8.59. The van der Waals surface area contributed by atoms with E-state index in [-0.39, 0.29) is 17.3 Å². The second-order valence-electron chi connectivity index (χ2n) is 7.21. The van der Waals surface area contributed by atoms with Gasteiger partial charge in [0, 0.05) is 49.4 Å². The zero-order valence-corrected chi connectivity index (χ0v) is 18.2. The van der Waals surface area contributed by atoms with E-state index in [1.807, 2.05) is 42.8 Å². The largest absolute Gasteiger partial charge is 0.373 e. The molecule has 1 N–H and O–H groups in total. The Morgan fingerprint density at radius 2 is 1.80 bits per heavy atom. The lowest BCUT2D eigenvalue weighted by Gasteiger charge is -2.21. The molecule has 0 saturated carbocycles. The number of carbonyl (C=O) groups excluding carboxylic acids is 1. The van der Waals surface area contributed by atoms with Crippen molar-refractivity contribution in [2.45, 2.75) is 18.0 Å². The Hall–Kier alpha value is -2.68. The number of fused-ring (bicyclic) bond motifs is 1. The monoisotopic (exact) mass is 441 g/mol. The highest BCUT2D eigenvalue weighted by Crippen LogP contribution is 2.24. The fraction of sp³-hybridized carbons (Fsp3) is 0.227. The van der Waals surface area contributed by atoms with Crippen LogP contribution in [0.1, 0.15) is 20.8 Å². The minimum Gasteiger partial charge on any atom is -0.373 e. The highest BCUT2D eigenvalue weighted by atomic mass is 32.2. The number of thiophene rings is 1. The molecule has 1 amide bonds. The summed E-state index contributed by atoms with van der Waals surface area (Å²) in [5.41, 5.74) is 2.71. The molecule has 1 aromatic heterocycles. The molecular weight excluding hydrogens is 418 g/mol. The maximum Gasteiger partial charge on any atom is 0.254 e. The van der Waals surface area contributed by atoms with Crippen molar-refractivity contribution in [3.8, 4) is 0 Å². The van der Waals surface area contributed by atoms with Gasteiger partial charge in [0.1, 0.15) is 0 Å². The summed E-state index contributed by atoms with van der Waals surface area (Å²) in [6.07, 6.45) is 0. The highest BCUT2D eigenvalue weighted by molar-refractivity contribution is 7.89. The van der Waals surface area contributed by atoms with Crippen LogP contribution in [-0.4, -0.2) is 39.4 Å². The first kappa shape index (κ1) is 20.6. The van der Waals surface area contributed by atoms with Gasteiger partial charge >= 0.3 is 0 Å². The minimum atomic E-state index is -3.63. The lowest BCUT2D eigenvalue weighted by atomic mass is 10.1. The van der Waals surface area contributed by atoms with Crippen molar-refractivity contribution in [3.05, 3.63) is 82.0 Å². The van der Waals surface area contributed by atoms with E-state index in [1.54, 1.807) is 17.0 Å². The molecule has 0 aliphatic carbocycles. The number of benzene rings is 2. The molecule has 4 rings (SSSR count). The van der Waals surface area contributed by atoms with Crippen LogP contribution in [0.2, 0.25) is 0 Å². The fourth-order valence-electron chi connectivity index (χ4n) is 3.49. The Labute approximate surface area is 180 Å². The molecule has 0 spiro atoms. The highest BCUT2D eigenvalue weighted by Gasteiger charge is 2.23. The number of hydrogen-bond donors (Lipinski definition) is 1. The molecule has 2 heterocycles. The molecule has 2 aromatic carbocycles. The smallest absolute Gasteiger partial charge is 0.254 e. The lowest BCUT2D eigenvalue weighted by Crippen LogP contribution is -2.34. The predicted octanol–water partition coefficient (Wildman–Crippen LogP) is 3.32. The van der Waals surface area contributed by atoms with Crippen LogP contribution in [0.4, 0.5) is 5.69 Å². The molecule has 0 radical (unpaired) electrons. The summed E-state index contributed by atoms with van der Waals surface area (Å²) in [4.78, 5) is 18.1. The van der Waals surface area contributed by atoms with Gasteiger partial charge in [0.05, 0.1) is 4.90 Å².